The molecule has 2 aromatic rings. The lowest BCUT2D eigenvalue weighted by atomic mass is 9.77. The van der Waals surface area contributed by atoms with E-state index in [9.17, 15) is 0 Å². The van der Waals surface area contributed by atoms with Gasteiger partial charge < -0.3 is 15.4 Å². The summed E-state index contributed by atoms with van der Waals surface area (Å²) in [6.45, 7) is 5.88. The highest BCUT2D eigenvalue weighted by Crippen LogP contribution is 2.40. The lowest BCUT2D eigenvalue weighted by Gasteiger charge is -2.32. The maximum Gasteiger partial charge on any atom is 0.156 e. The minimum atomic E-state index is 0.253. The number of nitrogens with zero attached hydrogens (tertiary/aromatic N) is 3. The molecule has 2 aliphatic heterocycles. The first-order valence-corrected chi connectivity index (χ1v) is 8.39. The number of aryl methyl sites for hydroxylation is 1. The summed E-state index contributed by atoms with van der Waals surface area (Å²) in [5.41, 5.74) is 3.07. The average Bonchev–Trinajstić information content (AvgIpc) is 2.96. The highest BCUT2D eigenvalue weighted by atomic mass is 16.5. The fraction of sp³-hybridized carbons (Fsp3) is 0.588. The zero-order chi connectivity index (χ0) is 15.7. The van der Waals surface area contributed by atoms with Crippen molar-refractivity contribution in [3.8, 4) is 0 Å². The molecule has 0 saturated carbocycles. The first kappa shape index (κ1) is 14.8. The molecule has 0 bridgehead atoms. The first-order chi connectivity index (χ1) is 11.2. The van der Waals surface area contributed by atoms with Crippen LogP contribution < -0.4 is 10.6 Å². The molecule has 2 aliphatic rings. The number of pyridine rings is 1. The minimum absolute atomic E-state index is 0.253. The van der Waals surface area contributed by atoms with Gasteiger partial charge in [-0.15, -0.1) is 0 Å². The van der Waals surface area contributed by atoms with Gasteiger partial charge >= 0.3 is 0 Å². The molecule has 4 rings (SSSR count). The van der Waals surface area contributed by atoms with Crippen LogP contribution in [0.15, 0.2) is 18.5 Å². The van der Waals surface area contributed by atoms with Gasteiger partial charge in [0.15, 0.2) is 5.82 Å². The zero-order valence-corrected chi connectivity index (χ0v) is 13.5. The SMILES string of the molecule is Cc1ccc2ncnc(NCC3CC4(CCNCC4)CO3)c2n1. The molecular weight excluding hydrogens is 290 g/mol. The van der Waals surface area contributed by atoms with Crippen LogP contribution in [0.3, 0.4) is 0 Å². The normalized spacial score (nSPS) is 23.4. The molecule has 1 unspecified atom stereocenters. The lowest BCUT2D eigenvalue weighted by Crippen LogP contribution is -2.37. The monoisotopic (exact) mass is 313 g/mol. The second kappa shape index (κ2) is 6.02. The second-order valence-corrected chi connectivity index (χ2v) is 6.81. The van der Waals surface area contributed by atoms with Gasteiger partial charge in [-0.25, -0.2) is 15.0 Å². The topological polar surface area (TPSA) is 72.0 Å². The Morgan fingerprint density at radius 1 is 1.30 bits per heavy atom. The summed E-state index contributed by atoms with van der Waals surface area (Å²) < 4.78 is 6.05. The quantitative estimate of drug-likeness (QED) is 0.902. The van der Waals surface area contributed by atoms with Crippen molar-refractivity contribution in [3.63, 3.8) is 0 Å². The summed E-state index contributed by atoms with van der Waals surface area (Å²) in [4.78, 5) is 13.2. The van der Waals surface area contributed by atoms with Crippen molar-refractivity contribution in [3.05, 3.63) is 24.2 Å². The third-order valence-corrected chi connectivity index (χ3v) is 5.07. The van der Waals surface area contributed by atoms with E-state index in [-0.39, 0.29) is 6.10 Å². The van der Waals surface area contributed by atoms with Crippen molar-refractivity contribution in [1.29, 1.82) is 0 Å². The van der Waals surface area contributed by atoms with Crippen molar-refractivity contribution in [2.45, 2.75) is 32.3 Å². The number of fused-ring (bicyclic) bond motifs is 1. The fourth-order valence-corrected chi connectivity index (χ4v) is 3.71. The predicted molar refractivity (Wildman–Crippen MR) is 89.5 cm³/mol. The molecule has 2 fully saturated rings. The van der Waals surface area contributed by atoms with Gasteiger partial charge in [-0.1, -0.05) is 0 Å². The van der Waals surface area contributed by atoms with Crippen molar-refractivity contribution >= 4 is 16.9 Å². The van der Waals surface area contributed by atoms with Crippen LogP contribution in [-0.2, 0) is 4.74 Å². The molecule has 0 aromatic carbocycles. The van der Waals surface area contributed by atoms with Gasteiger partial charge in [0.05, 0.1) is 18.2 Å². The third kappa shape index (κ3) is 3.01. The van der Waals surface area contributed by atoms with Crippen LogP contribution >= 0.6 is 0 Å². The minimum Gasteiger partial charge on any atom is -0.376 e. The fourth-order valence-electron chi connectivity index (χ4n) is 3.71. The highest BCUT2D eigenvalue weighted by molar-refractivity contribution is 5.84. The summed E-state index contributed by atoms with van der Waals surface area (Å²) >= 11 is 0. The number of piperidine rings is 1. The Morgan fingerprint density at radius 3 is 3.04 bits per heavy atom. The van der Waals surface area contributed by atoms with Crippen molar-refractivity contribution in [2.75, 3.05) is 31.6 Å². The Morgan fingerprint density at radius 2 is 2.17 bits per heavy atom. The summed E-state index contributed by atoms with van der Waals surface area (Å²) in [6, 6.07) is 3.96. The number of aromatic nitrogens is 3. The van der Waals surface area contributed by atoms with E-state index in [2.05, 4.69) is 25.6 Å². The van der Waals surface area contributed by atoms with Crippen LogP contribution in [0, 0.1) is 12.3 Å². The summed E-state index contributed by atoms with van der Waals surface area (Å²) in [7, 11) is 0. The molecule has 23 heavy (non-hydrogen) atoms. The van der Waals surface area contributed by atoms with E-state index in [0.717, 1.165) is 55.2 Å². The predicted octanol–water partition coefficient (Wildman–Crippen LogP) is 1.90. The maximum absolute atomic E-state index is 6.05. The van der Waals surface area contributed by atoms with Crippen LogP contribution in [0.25, 0.3) is 11.0 Å². The molecule has 6 heteroatoms. The Labute approximate surface area is 136 Å². The smallest absolute Gasteiger partial charge is 0.156 e. The van der Waals surface area contributed by atoms with Gasteiger partial charge in [0.25, 0.3) is 0 Å². The lowest BCUT2D eigenvalue weighted by molar-refractivity contribution is 0.0924. The standard InChI is InChI=1S/C17H23N5O/c1-12-2-3-14-15(22-12)16(21-11-20-14)19-9-13-8-17(10-23-13)4-6-18-7-5-17/h2-3,11,13,18H,4-10H2,1H3,(H,19,20,21). The van der Waals surface area contributed by atoms with E-state index < -0.39 is 0 Å². The molecule has 1 spiro atoms. The summed E-state index contributed by atoms with van der Waals surface area (Å²) in [5, 5.41) is 6.86. The van der Waals surface area contributed by atoms with Gasteiger partial charge in [0.2, 0.25) is 0 Å². The van der Waals surface area contributed by atoms with Crippen LogP contribution in [-0.4, -0.2) is 47.3 Å². The number of rotatable bonds is 3. The third-order valence-electron chi connectivity index (χ3n) is 5.07. The van der Waals surface area contributed by atoms with Crippen LogP contribution in [0.5, 0.6) is 0 Å². The molecule has 0 aliphatic carbocycles. The van der Waals surface area contributed by atoms with Crippen molar-refractivity contribution < 1.29 is 4.74 Å². The molecular formula is C17H23N5O. The Kier molecular flexibility index (Phi) is 3.87. The number of ether oxygens (including phenoxy) is 1. The van der Waals surface area contributed by atoms with Crippen LogP contribution in [0.4, 0.5) is 5.82 Å². The van der Waals surface area contributed by atoms with Crippen molar-refractivity contribution in [1.82, 2.24) is 20.3 Å². The molecule has 2 aromatic heterocycles. The summed E-state index contributed by atoms with van der Waals surface area (Å²) in [5.74, 6) is 0.800. The van der Waals surface area contributed by atoms with Gasteiger partial charge in [0.1, 0.15) is 11.8 Å². The van der Waals surface area contributed by atoms with Crippen LogP contribution in [0.1, 0.15) is 25.0 Å². The van der Waals surface area contributed by atoms with E-state index in [1.807, 2.05) is 19.1 Å². The summed E-state index contributed by atoms with van der Waals surface area (Å²) in [6.07, 6.45) is 5.42. The van der Waals surface area contributed by atoms with E-state index in [0.29, 0.717) is 5.41 Å². The number of hydrogen-bond donors (Lipinski definition) is 2. The number of nitrogens with one attached hydrogen (secondary N) is 2. The maximum atomic E-state index is 6.05. The van der Waals surface area contributed by atoms with Gasteiger partial charge in [-0.05, 0) is 56.8 Å². The highest BCUT2D eigenvalue weighted by Gasteiger charge is 2.40. The van der Waals surface area contributed by atoms with Gasteiger partial charge in [0, 0.05) is 12.2 Å². The Balaban J connectivity index is 1.45. The molecule has 4 heterocycles. The van der Waals surface area contributed by atoms with Crippen molar-refractivity contribution in [2.24, 2.45) is 5.41 Å². The Bertz CT molecular complexity index is 698. The van der Waals surface area contributed by atoms with E-state index in [1.54, 1.807) is 6.33 Å². The van der Waals surface area contributed by atoms with E-state index in [1.165, 1.54) is 12.8 Å². The molecule has 0 radical (unpaired) electrons. The van der Waals surface area contributed by atoms with E-state index in [4.69, 9.17) is 4.74 Å². The van der Waals surface area contributed by atoms with Gasteiger partial charge in [-0.2, -0.15) is 0 Å². The molecule has 6 nitrogen and oxygen atoms in total. The zero-order valence-electron chi connectivity index (χ0n) is 13.5. The molecule has 0 amide bonds. The largest absolute Gasteiger partial charge is 0.376 e. The molecule has 1 atom stereocenters. The number of anilines is 1. The Hall–Kier alpha value is -1.79. The van der Waals surface area contributed by atoms with Gasteiger partial charge in [-0.3, -0.25) is 0 Å². The molecule has 2 saturated heterocycles. The average molecular weight is 313 g/mol. The molecule has 122 valence electrons. The van der Waals surface area contributed by atoms with E-state index >= 15 is 0 Å². The molecule has 2 N–H and O–H groups in total. The first-order valence-electron chi connectivity index (χ1n) is 8.39. The second-order valence-electron chi connectivity index (χ2n) is 6.81. The van der Waals surface area contributed by atoms with Crippen LogP contribution in [0.2, 0.25) is 0 Å². The number of hydrogen-bond acceptors (Lipinski definition) is 6.